The Kier molecular flexibility index (Phi) is 4.27. The molecule has 100 valence electrons. The van der Waals surface area contributed by atoms with Crippen molar-refractivity contribution in [2.24, 2.45) is 17.3 Å². The molecule has 1 aliphatic rings. The van der Waals surface area contributed by atoms with Crippen LogP contribution >= 0.6 is 0 Å². The molecule has 0 aromatic heterocycles. The molecule has 0 radical (unpaired) electrons. The minimum Gasteiger partial charge on any atom is -0.468 e. The van der Waals surface area contributed by atoms with Crippen molar-refractivity contribution < 1.29 is 23.9 Å². The van der Waals surface area contributed by atoms with E-state index in [1.165, 1.54) is 27.2 Å². The Hall–Kier alpha value is -1.65. The first kappa shape index (κ1) is 14.4. The third kappa shape index (κ3) is 2.30. The molecule has 0 bridgehead atoms. The third-order valence-electron chi connectivity index (χ3n) is 3.60. The molecule has 2 atom stereocenters. The van der Waals surface area contributed by atoms with Crippen molar-refractivity contribution in [1.29, 1.82) is 0 Å². The molecular weight excluding hydrogens is 236 g/mol. The van der Waals surface area contributed by atoms with Gasteiger partial charge in [0.1, 0.15) is 0 Å². The van der Waals surface area contributed by atoms with Gasteiger partial charge in [-0.3, -0.25) is 14.4 Å². The minimum atomic E-state index is -1.46. The van der Waals surface area contributed by atoms with E-state index in [0.717, 1.165) is 0 Å². The van der Waals surface area contributed by atoms with E-state index in [9.17, 15) is 14.4 Å². The van der Waals surface area contributed by atoms with Gasteiger partial charge in [-0.15, -0.1) is 0 Å². The summed E-state index contributed by atoms with van der Waals surface area (Å²) in [5.41, 5.74) is -1.46. The summed E-state index contributed by atoms with van der Waals surface area (Å²) in [4.78, 5) is 35.4. The van der Waals surface area contributed by atoms with E-state index in [0.29, 0.717) is 0 Å². The van der Waals surface area contributed by atoms with Gasteiger partial charge < -0.3 is 9.47 Å². The molecule has 0 N–H and O–H groups in total. The number of hydrogen-bond donors (Lipinski definition) is 0. The maximum Gasteiger partial charge on any atom is 0.323 e. The summed E-state index contributed by atoms with van der Waals surface area (Å²) in [5, 5.41) is 0. The van der Waals surface area contributed by atoms with Crippen LogP contribution in [0.5, 0.6) is 0 Å². The maximum atomic E-state index is 11.9. The first-order valence-electron chi connectivity index (χ1n) is 5.75. The summed E-state index contributed by atoms with van der Waals surface area (Å²) in [6.45, 7) is 3.33. The molecule has 0 unspecified atom stereocenters. The first-order chi connectivity index (χ1) is 8.37. The zero-order valence-electron chi connectivity index (χ0n) is 11.1. The van der Waals surface area contributed by atoms with Crippen LogP contribution in [0.25, 0.3) is 0 Å². The third-order valence-corrected chi connectivity index (χ3v) is 3.60. The van der Waals surface area contributed by atoms with Gasteiger partial charge in [0.25, 0.3) is 0 Å². The van der Waals surface area contributed by atoms with Crippen molar-refractivity contribution in [3.63, 3.8) is 0 Å². The van der Waals surface area contributed by atoms with Crippen molar-refractivity contribution in [2.45, 2.75) is 20.3 Å². The van der Waals surface area contributed by atoms with Crippen molar-refractivity contribution in [3.8, 4) is 0 Å². The van der Waals surface area contributed by atoms with E-state index < -0.39 is 23.3 Å². The largest absolute Gasteiger partial charge is 0.468 e. The van der Waals surface area contributed by atoms with Gasteiger partial charge in [0.15, 0.2) is 11.2 Å². The van der Waals surface area contributed by atoms with Crippen LogP contribution in [0.3, 0.4) is 0 Å². The lowest BCUT2D eigenvalue weighted by atomic mass is 9.66. The highest BCUT2D eigenvalue weighted by Crippen LogP contribution is 2.40. The normalized spacial score (nSPS) is 23.7. The highest BCUT2D eigenvalue weighted by molar-refractivity contribution is 6.01. The van der Waals surface area contributed by atoms with Crippen molar-refractivity contribution in [1.82, 2.24) is 0 Å². The van der Waals surface area contributed by atoms with E-state index in [1.807, 2.05) is 6.92 Å². The van der Waals surface area contributed by atoms with Crippen molar-refractivity contribution in [3.05, 3.63) is 12.2 Å². The fraction of sp³-hybridized carbons (Fsp3) is 0.615. The number of carbonyl (C=O) groups excluding carboxylic acids is 3. The molecule has 0 aromatic carbocycles. The molecule has 0 amide bonds. The van der Waals surface area contributed by atoms with E-state index in [-0.39, 0.29) is 18.1 Å². The summed E-state index contributed by atoms with van der Waals surface area (Å²) in [7, 11) is 2.43. The van der Waals surface area contributed by atoms with E-state index in [4.69, 9.17) is 9.47 Å². The molecule has 0 fully saturated rings. The van der Waals surface area contributed by atoms with Crippen LogP contribution < -0.4 is 0 Å². The number of rotatable bonds is 3. The lowest BCUT2D eigenvalue weighted by molar-refractivity contribution is -0.173. The van der Waals surface area contributed by atoms with E-state index >= 15 is 0 Å². The zero-order chi connectivity index (χ0) is 13.9. The van der Waals surface area contributed by atoms with Crippen molar-refractivity contribution in [2.75, 3.05) is 14.2 Å². The number of hydrogen-bond acceptors (Lipinski definition) is 5. The van der Waals surface area contributed by atoms with Gasteiger partial charge in [0, 0.05) is 6.42 Å². The summed E-state index contributed by atoms with van der Waals surface area (Å²) in [5.74, 6) is -1.97. The molecule has 5 nitrogen and oxygen atoms in total. The van der Waals surface area contributed by atoms with Crippen LogP contribution in [0.4, 0.5) is 0 Å². The number of allylic oxidation sites excluding steroid dienone is 2. The number of esters is 2. The van der Waals surface area contributed by atoms with Crippen LogP contribution in [0.15, 0.2) is 12.2 Å². The lowest BCUT2D eigenvalue weighted by Gasteiger charge is -2.36. The Bertz CT molecular complexity index is 380. The maximum absolute atomic E-state index is 11.9. The molecule has 0 spiro atoms. The van der Waals surface area contributed by atoms with E-state index in [2.05, 4.69) is 0 Å². The molecule has 5 heteroatoms. The second kappa shape index (κ2) is 5.33. The fourth-order valence-corrected chi connectivity index (χ4v) is 2.40. The SMILES string of the molecule is COC(=O)C(C)(C(=O)OC)[C@@H]1CC(=O)C=C[C@@H]1C. The summed E-state index contributed by atoms with van der Waals surface area (Å²) in [6.07, 6.45) is 3.33. The topological polar surface area (TPSA) is 69.7 Å². The Morgan fingerprint density at radius 2 is 1.78 bits per heavy atom. The summed E-state index contributed by atoms with van der Waals surface area (Å²) >= 11 is 0. The molecular formula is C13H18O5. The average Bonchev–Trinajstić information content (AvgIpc) is 2.38. The molecule has 0 aromatic rings. The van der Waals surface area contributed by atoms with Crippen LogP contribution in [-0.4, -0.2) is 31.9 Å². The molecule has 0 heterocycles. The van der Waals surface area contributed by atoms with Gasteiger partial charge in [0.05, 0.1) is 14.2 Å². The van der Waals surface area contributed by atoms with Gasteiger partial charge >= 0.3 is 11.9 Å². The molecule has 1 aliphatic carbocycles. The standard InChI is InChI=1S/C13H18O5/c1-8-5-6-9(14)7-10(8)13(2,11(15)17-3)12(16)18-4/h5-6,8,10H,7H2,1-4H3/t8-,10+/m0/s1. The highest BCUT2D eigenvalue weighted by atomic mass is 16.5. The summed E-state index contributed by atoms with van der Waals surface area (Å²) < 4.78 is 9.40. The molecule has 0 saturated carbocycles. The van der Waals surface area contributed by atoms with Gasteiger partial charge in [0.2, 0.25) is 0 Å². The molecule has 0 aliphatic heterocycles. The number of methoxy groups -OCH3 is 2. The molecule has 18 heavy (non-hydrogen) atoms. The van der Waals surface area contributed by atoms with Crippen LogP contribution in [0.1, 0.15) is 20.3 Å². The Balaban J connectivity index is 3.19. The monoisotopic (exact) mass is 254 g/mol. The zero-order valence-corrected chi connectivity index (χ0v) is 11.1. The predicted molar refractivity (Wildman–Crippen MR) is 63.6 cm³/mol. The summed E-state index contributed by atoms with van der Waals surface area (Å²) in [6, 6.07) is 0. The lowest BCUT2D eigenvalue weighted by Crippen LogP contribution is -2.48. The highest BCUT2D eigenvalue weighted by Gasteiger charge is 2.52. The average molecular weight is 254 g/mol. The molecule has 1 rings (SSSR count). The Morgan fingerprint density at radius 3 is 2.22 bits per heavy atom. The smallest absolute Gasteiger partial charge is 0.323 e. The van der Waals surface area contributed by atoms with Crippen LogP contribution in [0.2, 0.25) is 0 Å². The molecule has 0 saturated heterocycles. The number of carbonyl (C=O) groups is 3. The van der Waals surface area contributed by atoms with Crippen molar-refractivity contribution >= 4 is 17.7 Å². The number of ketones is 1. The van der Waals surface area contributed by atoms with Gasteiger partial charge in [-0.25, -0.2) is 0 Å². The van der Waals surface area contributed by atoms with Crippen LogP contribution in [0, 0.1) is 17.3 Å². The van der Waals surface area contributed by atoms with Gasteiger partial charge in [-0.1, -0.05) is 13.0 Å². The van der Waals surface area contributed by atoms with Crippen LogP contribution in [-0.2, 0) is 23.9 Å². The number of ether oxygens (including phenoxy) is 2. The van der Waals surface area contributed by atoms with Gasteiger partial charge in [-0.05, 0) is 24.8 Å². The minimum absolute atomic E-state index is 0.0779. The second-order valence-corrected chi connectivity index (χ2v) is 4.68. The Labute approximate surface area is 106 Å². The van der Waals surface area contributed by atoms with Gasteiger partial charge in [-0.2, -0.15) is 0 Å². The Morgan fingerprint density at radius 1 is 1.28 bits per heavy atom. The fourth-order valence-electron chi connectivity index (χ4n) is 2.40. The second-order valence-electron chi connectivity index (χ2n) is 4.68. The first-order valence-corrected chi connectivity index (χ1v) is 5.75. The van der Waals surface area contributed by atoms with E-state index in [1.54, 1.807) is 6.08 Å². The predicted octanol–water partition coefficient (Wildman–Crippen LogP) is 1.12. The quantitative estimate of drug-likeness (QED) is 0.557.